The predicted molar refractivity (Wildman–Crippen MR) is 78.0 cm³/mol. The van der Waals surface area contributed by atoms with E-state index in [1.165, 1.54) is 10.4 Å². The van der Waals surface area contributed by atoms with Gasteiger partial charge in [0, 0.05) is 22.9 Å². The fourth-order valence-corrected chi connectivity index (χ4v) is 3.23. The first kappa shape index (κ1) is 13.4. The molecule has 0 aliphatic carbocycles. The molecule has 0 saturated heterocycles. The number of hydrogen-bond donors (Lipinski definition) is 1. The molecule has 1 aromatic carbocycles. The summed E-state index contributed by atoms with van der Waals surface area (Å²) in [6, 6.07) is 10.1. The molecule has 0 saturated carbocycles. The Kier molecular flexibility index (Phi) is 4.27. The van der Waals surface area contributed by atoms with Crippen LogP contribution in [0.3, 0.4) is 0 Å². The average molecular weight is 282 g/mol. The molecule has 0 aliphatic heterocycles. The summed E-state index contributed by atoms with van der Waals surface area (Å²) in [7, 11) is 1.68. The van der Waals surface area contributed by atoms with E-state index in [2.05, 4.69) is 13.0 Å². The second kappa shape index (κ2) is 5.74. The highest BCUT2D eigenvalue weighted by Crippen LogP contribution is 2.36. The minimum atomic E-state index is 0.136. The van der Waals surface area contributed by atoms with E-state index in [4.69, 9.17) is 22.1 Å². The molecule has 96 valence electrons. The zero-order chi connectivity index (χ0) is 13.1. The van der Waals surface area contributed by atoms with E-state index in [1.807, 2.05) is 24.3 Å². The fraction of sp³-hybridized carbons (Fsp3) is 0.286. The van der Waals surface area contributed by atoms with Crippen LogP contribution in [-0.4, -0.2) is 13.7 Å². The van der Waals surface area contributed by atoms with Crippen LogP contribution in [0.2, 0.25) is 4.34 Å². The molecule has 0 radical (unpaired) electrons. The summed E-state index contributed by atoms with van der Waals surface area (Å²) in [5, 5.41) is 0. The first-order valence-electron chi connectivity index (χ1n) is 5.75. The highest BCUT2D eigenvalue weighted by atomic mass is 35.5. The minimum Gasteiger partial charge on any atom is -0.496 e. The quantitative estimate of drug-likeness (QED) is 0.925. The van der Waals surface area contributed by atoms with Gasteiger partial charge in [0.15, 0.2) is 0 Å². The molecule has 18 heavy (non-hydrogen) atoms. The Morgan fingerprint density at radius 3 is 2.67 bits per heavy atom. The molecule has 2 aromatic rings. The number of nitrogens with two attached hydrogens (primary N) is 1. The lowest BCUT2D eigenvalue weighted by Crippen LogP contribution is -2.13. The van der Waals surface area contributed by atoms with Crippen LogP contribution in [0.25, 0.3) is 0 Å². The monoisotopic (exact) mass is 281 g/mol. The molecule has 1 unspecified atom stereocenters. The number of hydrogen-bond acceptors (Lipinski definition) is 3. The van der Waals surface area contributed by atoms with Crippen molar-refractivity contribution in [3.63, 3.8) is 0 Å². The fourth-order valence-electron chi connectivity index (χ4n) is 2.04. The van der Waals surface area contributed by atoms with Crippen LogP contribution in [-0.2, 0) is 0 Å². The Bertz CT molecular complexity index is 538. The van der Waals surface area contributed by atoms with E-state index in [0.717, 1.165) is 15.6 Å². The highest BCUT2D eigenvalue weighted by Gasteiger charge is 2.18. The summed E-state index contributed by atoms with van der Waals surface area (Å²) >= 11 is 7.57. The van der Waals surface area contributed by atoms with Crippen molar-refractivity contribution in [1.29, 1.82) is 0 Å². The van der Waals surface area contributed by atoms with Crippen molar-refractivity contribution in [1.82, 2.24) is 0 Å². The molecule has 0 bridgehead atoms. The van der Waals surface area contributed by atoms with Crippen molar-refractivity contribution in [3.8, 4) is 5.75 Å². The van der Waals surface area contributed by atoms with Crippen molar-refractivity contribution < 1.29 is 4.74 Å². The molecule has 0 fully saturated rings. The molecular formula is C14H16ClNOS. The summed E-state index contributed by atoms with van der Waals surface area (Å²) < 4.78 is 6.21. The summed E-state index contributed by atoms with van der Waals surface area (Å²) in [4.78, 5) is 1.17. The van der Waals surface area contributed by atoms with Crippen LogP contribution in [0.15, 0.2) is 30.3 Å². The summed E-state index contributed by atoms with van der Waals surface area (Å²) in [6.07, 6.45) is 0. The van der Waals surface area contributed by atoms with Crippen molar-refractivity contribution in [2.24, 2.45) is 5.73 Å². The molecule has 2 rings (SSSR count). The van der Waals surface area contributed by atoms with E-state index >= 15 is 0 Å². The van der Waals surface area contributed by atoms with E-state index in [9.17, 15) is 0 Å². The van der Waals surface area contributed by atoms with Crippen molar-refractivity contribution in [3.05, 3.63) is 50.7 Å². The van der Waals surface area contributed by atoms with E-state index in [0.29, 0.717) is 6.54 Å². The minimum absolute atomic E-state index is 0.136. The smallest absolute Gasteiger partial charge is 0.122 e. The molecule has 0 aliphatic rings. The van der Waals surface area contributed by atoms with Crippen molar-refractivity contribution >= 4 is 22.9 Å². The van der Waals surface area contributed by atoms with Crippen LogP contribution < -0.4 is 10.5 Å². The maximum absolute atomic E-state index is 6.00. The zero-order valence-electron chi connectivity index (χ0n) is 10.4. The van der Waals surface area contributed by atoms with Gasteiger partial charge in [-0.1, -0.05) is 29.3 Å². The second-order valence-corrected chi connectivity index (χ2v) is 5.92. The lowest BCUT2D eigenvalue weighted by Gasteiger charge is -2.17. The van der Waals surface area contributed by atoms with Gasteiger partial charge in [-0.05, 0) is 25.1 Å². The Morgan fingerprint density at radius 2 is 2.11 bits per heavy atom. The van der Waals surface area contributed by atoms with Crippen molar-refractivity contribution in [2.45, 2.75) is 12.8 Å². The molecule has 0 spiro atoms. The summed E-state index contributed by atoms with van der Waals surface area (Å²) in [5.41, 5.74) is 8.25. The molecule has 4 heteroatoms. The number of rotatable bonds is 4. The molecule has 0 amide bonds. The maximum atomic E-state index is 6.00. The number of benzene rings is 1. The molecular weight excluding hydrogens is 266 g/mol. The standard InChI is InChI=1S/C14H16ClNOS/c1-9-3-4-12(17-2)10(7-9)11(8-16)13-5-6-14(15)18-13/h3-7,11H,8,16H2,1-2H3. The predicted octanol–water partition coefficient (Wildman–Crippen LogP) is 3.81. The Labute approximate surface area is 116 Å². The van der Waals surface area contributed by atoms with Crippen LogP contribution in [0.4, 0.5) is 0 Å². The number of ether oxygens (including phenoxy) is 1. The van der Waals surface area contributed by atoms with Gasteiger partial charge in [0.05, 0.1) is 11.4 Å². The molecule has 2 nitrogen and oxygen atoms in total. The van der Waals surface area contributed by atoms with Gasteiger partial charge in [0.2, 0.25) is 0 Å². The molecule has 1 heterocycles. The van der Waals surface area contributed by atoms with Crippen LogP contribution in [0.1, 0.15) is 21.9 Å². The number of methoxy groups -OCH3 is 1. The summed E-state index contributed by atoms with van der Waals surface area (Å²) in [5.74, 6) is 1.01. The number of aryl methyl sites for hydroxylation is 1. The van der Waals surface area contributed by atoms with Gasteiger partial charge in [-0.2, -0.15) is 0 Å². The van der Waals surface area contributed by atoms with Gasteiger partial charge in [-0.15, -0.1) is 11.3 Å². The molecule has 1 atom stereocenters. The van der Waals surface area contributed by atoms with E-state index in [1.54, 1.807) is 18.4 Å². The number of halogens is 1. The lowest BCUT2D eigenvalue weighted by atomic mass is 9.95. The highest BCUT2D eigenvalue weighted by molar-refractivity contribution is 7.16. The van der Waals surface area contributed by atoms with Gasteiger partial charge in [0.25, 0.3) is 0 Å². The van der Waals surface area contributed by atoms with Crippen LogP contribution in [0, 0.1) is 6.92 Å². The first-order chi connectivity index (χ1) is 8.65. The maximum Gasteiger partial charge on any atom is 0.122 e. The lowest BCUT2D eigenvalue weighted by molar-refractivity contribution is 0.408. The van der Waals surface area contributed by atoms with Gasteiger partial charge < -0.3 is 10.5 Å². The third kappa shape index (κ3) is 2.69. The van der Waals surface area contributed by atoms with Crippen LogP contribution >= 0.6 is 22.9 Å². The average Bonchev–Trinajstić information content (AvgIpc) is 2.77. The van der Waals surface area contributed by atoms with Gasteiger partial charge >= 0.3 is 0 Å². The normalized spacial score (nSPS) is 12.4. The van der Waals surface area contributed by atoms with E-state index in [-0.39, 0.29) is 5.92 Å². The first-order valence-corrected chi connectivity index (χ1v) is 6.95. The molecule has 1 aromatic heterocycles. The largest absolute Gasteiger partial charge is 0.496 e. The Balaban J connectivity index is 2.47. The Morgan fingerprint density at radius 1 is 1.33 bits per heavy atom. The second-order valence-electron chi connectivity index (χ2n) is 4.18. The van der Waals surface area contributed by atoms with Gasteiger partial charge in [-0.25, -0.2) is 0 Å². The van der Waals surface area contributed by atoms with E-state index < -0.39 is 0 Å². The molecule has 2 N–H and O–H groups in total. The van der Waals surface area contributed by atoms with Gasteiger partial charge in [0.1, 0.15) is 5.75 Å². The zero-order valence-corrected chi connectivity index (χ0v) is 12.0. The Hall–Kier alpha value is -1.03. The van der Waals surface area contributed by atoms with Crippen LogP contribution in [0.5, 0.6) is 5.75 Å². The topological polar surface area (TPSA) is 35.2 Å². The summed E-state index contributed by atoms with van der Waals surface area (Å²) in [6.45, 7) is 2.61. The SMILES string of the molecule is COc1ccc(C)cc1C(CN)c1ccc(Cl)s1. The number of thiophene rings is 1. The third-order valence-corrected chi connectivity index (χ3v) is 4.28. The van der Waals surface area contributed by atoms with Gasteiger partial charge in [-0.3, -0.25) is 0 Å². The van der Waals surface area contributed by atoms with Crippen molar-refractivity contribution in [2.75, 3.05) is 13.7 Å². The third-order valence-electron chi connectivity index (χ3n) is 2.93.